The van der Waals surface area contributed by atoms with Crippen molar-refractivity contribution in [1.82, 2.24) is 0 Å². The minimum atomic E-state index is -4.27. The van der Waals surface area contributed by atoms with Crippen LogP contribution in [0.4, 0.5) is 0 Å². The molecule has 120 valence electrons. The van der Waals surface area contributed by atoms with Gasteiger partial charge in [0.2, 0.25) is 0 Å². The van der Waals surface area contributed by atoms with Crippen molar-refractivity contribution >= 4 is 65.7 Å². The van der Waals surface area contributed by atoms with E-state index in [1.54, 1.807) is 24.3 Å². The summed E-state index contributed by atoms with van der Waals surface area (Å²) in [4.78, 5) is -0.355. The third-order valence-electron chi connectivity index (χ3n) is 2.62. The Hall–Kier alpha value is -0.259. The summed E-state index contributed by atoms with van der Waals surface area (Å²) in [6, 6.07) is 11.6. The van der Waals surface area contributed by atoms with Crippen molar-refractivity contribution < 1.29 is 25.9 Å². The summed E-state index contributed by atoms with van der Waals surface area (Å²) >= 11 is 0. The standard InChI is InChI=1S/2C7H8O3S.Sr/c2*1-6-2-4-7(5-3-6)11(8,9)10;/h2*2-5H,1H3,(H,8,9,10);/q;;+2/p-2. The van der Waals surface area contributed by atoms with Gasteiger partial charge in [-0.2, -0.15) is 0 Å². The third-order valence-corrected chi connectivity index (χ3v) is 4.32. The van der Waals surface area contributed by atoms with Gasteiger partial charge in [-0.1, -0.05) is 35.4 Å². The maximum Gasteiger partial charge on any atom is 2.00 e. The van der Waals surface area contributed by atoms with E-state index in [-0.39, 0.29) is 55.3 Å². The molecule has 0 amide bonds. The summed E-state index contributed by atoms with van der Waals surface area (Å²) in [5.41, 5.74) is 1.86. The zero-order chi connectivity index (χ0) is 17.0. The Morgan fingerprint density at radius 1 is 0.609 bits per heavy atom. The summed E-state index contributed by atoms with van der Waals surface area (Å²) in [6.07, 6.45) is 0. The molecular weight excluding hydrogens is 416 g/mol. The molecule has 9 heteroatoms. The molecule has 0 saturated carbocycles. The summed E-state index contributed by atoms with van der Waals surface area (Å²) in [5, 5.41) is 0. The van der Waals surface area contributed by atoms with Gasteiger partial charge in [0.05, 0.1) is 9.79 Å². The van der Waals surface area contributed by atoms with Gasteiger partial charge < -0.3 is 9.11 Å². The fraction of sp³-hybridized carbons (Fsp3) is 0.143. The molecule has 0 heterocycles. The van der Waals surface area contributed by atoms with Crippen LogP contribution in [0, 0.1) is 13.8 Å². The van der Waals surface area contributed by atoms with Crippen LogP contribution in [0.25, 0.3) is 0 Å². The minimum absolute atomic E-state index is 0. The van der Waals surface area contributed by atoms with Gasteiger partial charge in [0.1, 0.15) is 20.2 Å². The van der Waals surface area contributed by atoms with Gasteiger partial charge >= 0.3 is 45.5 Å². The Kier molecular flexibility index (Phi) is 9.18. The van der Waals surface area contributed by atoms with Crippen LogP contribution >= 0.6 is 0 Å². The van der Waals surface area contributed by atoms with Crippen LogP contribution in [0.1, 0.15) is 11.1 Å². The fourth-order valence-corrected chi connectivity index (χ4v) is 2.35. The predicted octanol–water partition coefficient (Wildman–Crippen LogP) is 1.42. The molecule has 0 aliphatic rings. The minimum Gasteiger partial charge on any atom is -0.744 e. The van der Waals surface area contributed by atoms with Crippen LogP contribution in [0.15, 0.2) is 58.3 Å². The summed E-state index contributed by atoms with van der Waals surface area (Å²) in [7, 11) is -8.54. The van der Waals surface area contributed by atoms with E-state index >= 15 is 0 Å². The summed E-state index contributed by atoms with van der Waals surface area (Å²) in [5.74, 6) is 0. The van der Waals surface area contributed by atoms with E-state index in [9.17, 15) is 25.9 Å². The van der Waals surface area contributed by atoms with Crippen molar-refractivity contribution in [2.45, 2.75) is 23.6 Å². The van der Waals surface area contributed by atoms with Gasteiger partial charge in [0.25, 0.3) is 0 Å². The zero-order valence-electron chi connectivity index (χ0n) is 12.6. The van der Waals surface area contributed by atoms with Crippen LogP contribution in [0.2, 0.25) is 0 Å². The predicted molar refractivity (Wildman–Crippen MR) is 84.0 cm³/mol. The fourth-order valence-electron chi connectivity index (χ4n) is 1.41. The number of rotatable bonds is 2. The molecule has 2 rings (SSSR count). The smallest absolute Gasteiger partial charge is 0.744 e. The van der Waals surface area contributed by atoms with E-state index in [4.69, 9.17) is 0 Å². The first kappa shape index (κ1) is 22.7. The molecule has 0 atom stereocenters. The molecule has 2 aromatic rings. The van der Waals surface area contributed by atoms with Crippen molar-refractivity contribution in [3.63, 3.8) is 0 Å². The molecule has 2 aromatic carbocycles. The van der Waals surface area contributed by atoms with Gasteiger partial charge in [-0.15, -0.1) is 0 Å². The molecule has 0 aromatic heterocycles. The number of hydrogen-bond donors (Lipinski definition) is 0. The van der Waals surface area contributed by atoms with Gasteiger partial charge in [0, 0.05) is 0 Å². The first-order valence-electron chi connectivity index (χ1n) is 6.05. The Morgan fingerprint density at radius 2 is 0.826 bits per heavy atom. The molecular formula is C14H14O6S2Sr. The number of benzene rings is 2. The molecule has 0 spiro atoms. The first-order valence-corrected chi connectivity index (χ1v) is 8.87. The van der Waals surface area contributed by atoms with Gasteiger partial charge in [-0.25, -0.2) is 16.8 Å². The van der Waals surface area contributed by atoms with Gasteiger partial charge in [0.15, 0.2) is 0 Å². The Morgan fingerprint density at radius 3 is 1.00 bits per heavy atom. The molecule has 6 nitrogen and oxygen atoms in total. The molecule has 0 bridgehead atoms. The van der Waals surface area contributed by atoms with Crippen molar-refractivity contribution in [1.29, 1.82) is 0 Å². The Labute approximate surface area is 173 Å². The molecule has 0 saturated heterocycles. The van der Waals surface area contributed by atoms with Crippen LogP contribution in [-0.2, 0) is 20.2 Å². The largest absolute Gasteiger partial charge is 2.00 e. The zero-order valence-corrected chi connectivity index (χ0v) is 17.7. The molecule has 0 radical (unpaired) electrons. The maximum absolute atomic E-state index is 10.4. The SMILES string of the molecule is Cc1ccc(S(=O)(=O)[O-])cc1.Cc1ccc(S(=O)(=O)[O-])cc1.[Sr+2]. The molecule has 23 heavy (non-hydrogen) atoms. The van der Waals surface area contributed by atoms with E-state index in [1.807, 2.05) is 13.8 Å². The Bertz CT molecular complexity index is 752. The van der Waals surface area contributed by atoms with E-state index < -0.39 is 20.2 Å². The second-order valence-electron chi connectivity index (χ2n) is 4.53. The topological polar surface area (TPSA) is 114 Å². The van der Waals surface area contributed by atoms with E-state index in [0.717, 1.165) is 11.1 Å². The first-order chi connectivity index (χ1) is 10.00. The average Bonchev–Trinajstić information content (AvgIpc) is 2.38. The van der Waals surface area contributed by atoms with Crippen molar-refractivity contribution in [2.24, 2.45) is 0 Å². The van der Waals surface area contributed by atoms with Crippen molar-refractivity contribution in [3.8, 4) is 0 Å². The van der Waals surface area contributed by atoms with E-state index in [2.05, 4.69) is 0 Å². The second-order valence-corrected chi connectivity index (χ2v) is 7.29. The average molecular weight is 430 g/mol. The van der Waals surface area contributed by atoms with Crippen LogP contribution < -0.4 is 0 Å². The van der Waals surface area contributed by atoms with Gasteiger partial charge in [-0.3, -0.25) is 0 Å². The van der Waals surface area contributed by atoms with Crippen LogP contribution in [0.5, 0.6) is 0 Å². The van der Waals surface area contributed by atoms with E-state index in [1.165, 1.54) is 24.3 Å². The van der Waals surface area contributed by atoms with Crippen molar-refractivity contribution in [2.75, 3.05) is 0 Å². The normalized spacial score (nSPS) is 11.0. The molecule has 0 N–H and O–H groups in total. The molecule has 0 aliphatic carbocycles. The third kappa shape index (κ3) is 8.41. The summed E-state index contributed by atoms with van der Waals surface area (Å²) < 4.78 is 62.3. The van der Waals surface area contributed by atoms with Crippen LogP contribution in [-0.4, -0.2) is 71.4 Å². The maximum atomic E-state index is 10.4. The molecule has 0 unspecified atom stereocenters. The number of aryl methyl sites for hydroxylation is 2. The van der Waals surface area contributed by atoms with Crippen molar-refractivity contribution in [3.05, 3.63) is 59.7 Å². The second kappa shape index (κ2) is 9.28. The summed E-state index contributed by atoms with van der Waals surface area (Å²) in [6.45, 7) is 3.64. The van der Waals surface area contributed by atoms with Gasteiger partial charge in [-0.05, 0) is 38.1 Å². The van der Waals surface area contributed by atoms with E-state index in [0.29, 0.717) is 0 Å². The number of hydrogen-bond acceptors (Lipinski definition) is 6. The quantitative estimate of drug-likeness (QED) is 0.526. The van der Waals surface area contributed by atoms with Crippen LogP contribution in [0.3, 0.4) is 0 Å². The molecule has 0 aliphatic heterocycles. The monoisotopic (exact) mass is 430 g/mol. The Balaban J connectivity index is 0.000000403. The molecule has 0 fully saturated rings.